The summed E-state index contributed by atoms with van der Waals surface area (Å²) in [5.74, 6) is 4.77. The van der Waals surface area contributed by atoms with Gasteiger partial charge in [0.25, 0.3) is 5.91 Å². The molecule has 1 aromatic carbocycles. The molecule has 1 amide bonds. The standard InChI is InChI=1S/C14H12FN3O2S/c1-9-16-14(21-18-9)17-13(20)11-8-10(4-2-3-7-19)5-6-12(11)15/h5-6,8,19H,3,7H2,1H3,(H,16,17,18,20). The van der Waals surface area contributed by atoms with Crippen molar-refractivity contribution < 1.29 is 14.3 Å². The van der Waals surface area contributed by atoms with Gasteiger partial charge in [0.15, 0.2) is 0 Å². The molecule has 0 aliphatic heterocycles. The third-order valence-corrected chi connectivity index (χ3v) is 3.15. The molecular formula is C14H12FN3O2S. The normalized spacial score (nSPS) is 9.86. The number of hydrogen-bond donors (Lipinski definition) is 2. The zero-order valence-electron chi connectivity index (χ0n) is 11.2. The number of carbonyl (C=O) groups is 1. The van der Waals surface area contributed by atoms with Crippen molar-refractivity contribution in [3.8, 4) is 11.8 Å². The number of aliphatic hydroxyl groups is 1. The van der Waals surface area contributed by atoms with E-state index in [-0.39, 0.29) is 12.2 Å². The smallest absolute Gasteiger partial charge is 0.260 e. The van der Waals surface area contributed by atoms with Gasteiger partial charge in [-0.25, -0.2) is 9.37 Å². The Bertz CT molecular complexity index is 718. The van der Waals surface area contributed by atoms with Gasteiger partial charge in [-0.3, -0.25) is 10.1 Å². The maximum atomic E-state index is 13.7. The fraction of sp³-hybridized carbons (Fsp3) is 0.214. The highest BCUT2D eigenvalue weighted by Gasteiger charge is 2.14. The second-order valence-electron chi connectivity index (χ2n) is 4.07. The van der Waals surface area contributed by atoms with Crippen molar-refractivity contribution in [3.05, 3.63) is 41.0 Å². The van der Waals surface area contributed by atoms with Crippen molar-refractivity contribution in [2.75, 3.05) is 11.9 Å². The lowest BCUT2D eigenvalue weighted by molar-refractivity contribution is 0.102. The minimum atomic E-state index is -0.638. The third-order valence-electron chi connectivity index (χ3n) is 2.43. The van der Waals surface area contributed by atoms with Crippen molar-refractivity contribution in [2.45, 2.75) is 13.3 Å². The third kappa shape index (κ3) is 4.08. The van der Waals surface area contributed by atoms with E-state index in [1.54, 1.807) is 6.92 Å². The van der Waals surface area contributed by atoms with Gasteiger partial charge in [-0.15, -0.1) is 0 Å². The van der Waals surface area contributed by atoms with Crippen LogP contribution in [0.15, 0.2) is 18.2 Å². The molecular weight excluding hydrogens is 293 g/mol. The van der Waals surface area contributed by atoms with E-state index >= 15 is 0 Å². The zero-order chi connectivity index (χ0) is 15.2. The van der Waals surface area contributed by atoms with Crippen LogP contribution in [0.4, 0.5) is 9.52 Å². The quantitative estimate of drug-likeness (QED) is 0.850. The topological polar surface area (TPSA) is 75.1 Å². The van der Waals surface area contributed by atoms with Crippen LogP contribution >= 0.6 is 11.5 Å². The number of benzene rings is 1. The van der Waals surface area contributed by atoms with Gasteiger partial charge in [0.2, 0.25) is 5.13 Å². The first-order valence-corrected chi connectivity index (χ1v) is 6.88. The Labute approximate surface area is 125 Å². The minimum absolute atomic E-state index is 0.0437. The maximum Gasteiger partial charge on any atom is 0.260 e. The zero-order valence-corrected chi connectivity index (χ0v) is 12.0. The predicted octanol–water partition coefficient (Wildman–Crippen LogP) is 1.97. The molecule has 0 bridgehead atoms. The van der Waals surface area contributed by atoms with Gasteiger partial charge in [0, 0.05) is 23.5 Å². The molecule has 5 nitrogen and oxygen atoms in total. The Balaban J connectivity index is 2.20. The molecule has 0 saturated heterocycles. The fourth-order valence-electron chi connectivity index (χ4n) is 1.51. The number of aliphatic hydroxyl groups excluding tert-OH is 1. The second kappa shape index (κ2) is 6.92. The molecule has 108 valence electrons. The van der Waals surface area contributed by atoms with Gasteiger partial charge >= 0.3 is 0 Å². The molecule has 0 aliphatic rings. The van der Waals surface area contributed by atoms with Crippen LogP contribution in [0.25, 0.3) is 0 Å². The summed E-state index contributed by atoms with van der Waals surface area (Å²) in [6.07, 6.45) is 0.322. The van der Waals surface area contributed by atoms with Crippen LogP contribution in [0.3, 0.4) is 0 Å². The van der Waals surface area contributed by atoms with E-state index in [0.717, 1.165) is 11.5 Å². The Morgan fingerprint density at radius 2 is 2.33 bits per heavy atom. The lowest BCUT2D eigenvalue weighted by Crippen LogP contribution is -2.13. The molecule has 0 atom stereocenters. The summed E-state index contributed by atoms with van der Waals surface area (Å²) < 4.78 is 17.7. The molecule has 0 fully saturated rings. The molecule has 0 aliphatic carbocycles. The predicted molar refractivity (Wildman–Crippen MR) is 77.6 cm³/mol. The summed E-state index contributed by atoms with van der Waals surface area (Å²) in [4.78, 5) is 16.0. The van der Waals surface area contributed by atoms with Gasteiger partial charge in [0.05, 0.1) is 12.2 Å². The van der Waals surface area contributed by atoms with Gasteiger partial charge in [-0.2, -0.15) is 4.37 Å². The maximum absolute atomic E-state index is 13.7. The van der Waals surface area contributed by atoms with Crippen LogP contribution in [-0.4, -0.2) is 27.0 Å². The summed E-state index contributed by atoms with van der Waals surface area (Å²) in [6.45, 7) is 1.65. The van der Waals surface area contributed by atoms with Crippen LogP contribution in [0, 0.1) is 24.6 Å². The number of amides is 1. The van der Waals surface area contributed by atoms with E-state index in [4.69, 9.17) is 5.11 Å². The number of halogens is 1. The van der Waals surface area contributed by atoms with Crippen LogP contribution in [0.2, 0.25) is 0 Å². The SMILES string of the molecule is Cc1nsc(NC(=O)c2cc(C#CCCO)ccc2F)n1. The molecule has 0 spiro atoms. The van der Waals surface area contributed by atoms with Crippen molar-refractivity contribution in [1.29, 1.82) is 0 Å². The van der Waals surface area contributed by atoms with Gasteiger partial charge < -0.3 is 5.11 Å². The number of anilines is 1. The van der Waals surface area contributed by atoms with Crippen LogP contribution in [0.1, 0.15) is 28.2 Å². The number of hydrogen-bond acceptors (Lipinski definition) is 5. The summed E-state index contributed by atoms with van der Waals surface area (Å²) in [5, 5.41) is 11.5. The summed E-state index contributed by atoms with van der Waals surface area (Å²) >= 11 is 1.03. The molecule has 0 radical (unpaired) electrons. The minimum Gasteiger partial charge on any atom is -0.395 e. The first-order chi connectivity index (χ1) is 10.1. The number of aryl methyl sites for hydroxylation is 1. The molecule has 0 saturated carbocycles. The number of aromatic nitrogens is 2. The lowest BCUT2D eigenvalue weighted by atomic mass is 10.1. The molecule has 2 rings (SSSR count). The highest BCUT2D eigenvalue weighted by Crippen LogP contribution is 2.15. The first kappa shape index (κ1) is 15.1. The average Bonchev–Trinajstić information content (AvgIpc) is 2.86. The lowest BCUT2D eigenvalue weighted by Gasteiger charge is -2.03. The van der Waals surface area contributed by atoms with Crippen molar-refractivity contribution in [1.82, 2.24) is 9.36 Å². The molecule has 1 aromatic heterocycles. The number of rotatable bonds is 3. The summed E-state index contributed by atoms with van der Waals surface area (Å²) in [5.41, 5.74) is 0.391. The van der Waals surface area contributed by atoms with E-state index in [9.17, 15) is 9.18 Å². The Hall–Kier alpha value is -2.30. The Morgan fingerprint density at radius 1 is 1.52 bits per heavy atom. The van der Waals surface area contributed by atoms with E-state index in [0.29, 0.717) is 22.9 Å². The van der Waals surface area contributed by atoms with Crippen LogP contribution < -0.4 is 5.32 Å². The number of nitrogens with zero attached hydrogens (tertiary/aromatic N) is 2. The fourth-order valence-corrected chi connectivity index (χ4v) is 2.08. The molecule has 0 unspecified atom stereocenters. The molecule has 21 heavy (non-hydrogen) atoms. The largest absolute Gasteiger partial charge is 0.395 e. The summed E-state index contributed by atoms with van der Waals surface area (Å²) in [6, 6.07) is 4.03. The summed E-state index contributed by atoms with van der Waals surface area (Å²) in [7, 11) is 0. The highest BCUT2D eigenvalue weighted by molar-refractivity contribution is 7.09. The van der Waals surface area contributed by atoms with Crippen LogP contribution in [0.5, 0.6) is 0 Å². The van der Waals surface area contributed by atoms with E-state index in [1.807, 2.05) is 0 Å². The molecule has 2 aromatic rings. The monoisotopic (exact) mass is 305 g/mol. The van der Waals surface area contributed by atoms with Crippen molar-refractivity contribution >= 4 is 22.6 Å². The first-order valence-electron chi connectivity index (χ1n) is 6.11. The van der Waals surface area contributed by atoms with Crippen LogP contribution in [-0.2, 0) is 0 Å². The molecule has 2 N–H and O–H groups in total. The number of nitrogens with one attached hydrogen (secondary N) is 1. The molecule has 1 heterocycles. The van der Waals surface area contributed by atoms with E-state index < -0.39 is 11.7 Å². The Kier molecular flexibility index (Phi) is 4.98. The van der Waals surface area contributed by atoms with E-state index in [2.05, 4.69) is 26.5 Å². The highest BCUT2D eigenvalue weighted by atomic mass is 32.1. The second-order valence-corrected chi connectivity index (χ2v) is 4.82. The average molecular weight is 305 g/mol. The van der Waals surface area contributed by atoms with Crippen molar-refractivity contribution in [3.63, 3.8) is 0 Å². The molecule has 7 heteroatoms. The Morgan fingerprint density at radius 3 is 3.00 bits per heavy atom. The van der Waals surface area contributed by atoms with Gasteiger partial charge in [0.1, 0.15) is 11.6 Å². The van der Waals surface area contributed by atoms with E-state index in [1.165, 1.54) is 18.2 Å². The van der Waals surface area contributed by atoms with Gasteiger partial charge in [-0.1, -0.05) is 11.8 Å². The van der Waals surface area contributed by atoms with Crippen molar-refractivity contribution in [2.24, 2.45) is 0 Å². The number of carbonyl (C=O) groups excluding carboxylic acids is 1. The van der Waals surface area contributed by atoms with Gasteiger partial charge in [-0.05, 0) is 25.1 Å².